The summed E-state index contributed by atoms with van der Waals surface area (Å²) in [5, 5.41) is 0. The summed E-state index contributed by atoms with van der Waals surface area (Å²) in [6.07, 6.45) is 4.71. The van der Waals surface area contributed by atoms with Crippen LogP contribution in [0.5, 0.6) is 0 Å². The second-order valence-corrected chi connectivity index (χ2v) is 11.7. The van der Waals surface area contributed by atoms with Crippen LogP contribution in [-0.4, -0.2) is 14.1 Å². The molecule has 3 aliphatic carbocycles. The molecule has 1 fully saturated rings. The minimum atomic E-state index is -1.58. The maximum Gasteiger partial charge on any atom is 0.241 e. The summed E-state index contributed by atoms with van der Waals surface area (Å²) < 4.78 is 6.33. The molecule has 0 aromatic carbocycles. The van der Waals surface area contributed by atoms with Gasteiger partial charge in [-0.15, -0.1) is 0 Å². The van der Waals surface area contributed by atoms with Crippen molar-refractivity contribution in [2.45, 2.75) is 52.8 Å². The molecule has 0 aromatic heterocycles. The van der Waals surface area contributed by atoms with E-state index in [4.69, 9.17) is 4.43 Å². The molecule has 0 heterocycles. The van der Waals surface area contributed by atoms with Gasteiger partial charge in [0.25, 0.3) is 0 Å². The normalized spacial score (nSPS) is 34.4. The Bertz CT molecular complexity index is 444. The van der Waals surface area contributed by atoms with E-state index < -0.39 is 8.32 Å². The molecule has 0 spiro atoms. The first-order valence-corrected chi connectivity index (χ1v) is 10.7. The molecule has 3 aliphatic rings. The number of allylic oxidation sites excluding steroid dienone is 3. The number of fused-ring (bicyclic) bond motifs is 2. The third-order valence-electron chi connectivity index (χ3n) is 4.86. The second kappa shape index (κ2) is 4.62. The standard InChI is InChI=1S/C16H26O2Si/c1-7-14(17)13-10-12-8-9-16(13,3)11(2)15(12)18-19(4,5)6/h7,12-13H,1,8-10H2,2-6H3/t12-,13-,16-/m0/s1. The molecular weight excluding hydrogens is 252 g/mol. The Hall–Kier alpha value is -0.833. The van der Waals surface area contributed by atoms with Crippen LogP contribution in [0.25, 0.3) is 0 Å². The minimum absolute atomic E-state index is 0.0188. The van der Waals surface area contributed by atoms with E-state index in [0.29, 0.717) is 5.92 Å². The average Bonchev–Trinajstić information content (AvgIpc) is 2.32. The molecule has 0 amide bonds. The quantitative estimate of drug-likeness (QED) is 0.566. The van der Waals surface area contributed by atoms with Crippen LogP contribution in [0.2, 0.25) is 19.6 Å². The molecule has 0 saturated heterocycles. The number of hydrogen-bond donors (Lipinski definition) is 0. The number of hydrogen-bond acceptors (Lipinski definition) is 2. The summed E-state index contributed by atoms with van der Waals surface area (Å²) in [5.74, 6) is 1.97. The summed E-state index contributed by atoms with van der Waals surface area (Å²) >= 11 is 0. The first-order valence-electron chi connectivity index (χ1n) is 7.25. The van der Waals surface area contributed by atoms with Crippen LogP contribution in [0.15, 0.2) is 24.0 Å². The van der Waals surface area contributed by atoms with Crippen molar-refractivity contribution in [3.63, 3.8) is 0 Å². The van der Waals surface area contributed by atoms with Crippen LogP contribution in [-0.2, 0) is 9.22 Å². The van der Waals surface area contributed by atoms with Gasteiger partial charge in [-0.3, -0.25) is 4.79 Å². The van der Waals surface area contributed by atoms with Gasteiger partial charge >= 0.3 is 0 Å². The lowest BCUT2D eigenvalue weighted by molar-refractivity contribution is -0.124. The number of rotatable bonds is 4. The minimum Gasteiger partial charge on any atom is -0.547 e. The molecule has 0 unspecified atom stereocenters. The maximum atomic E-state index is 12.1. The number of carbonyl (C=O) groups excluding carboxylic acids is 1. The van der Waals surface area contributed by atoms with E-state index in [0.717, 1.165) is 19.3 Å². The molecule has 0 radical (unpaired) electrons. The summed E-state index contributed by atoms with van der Waals surface area (Å²) in [4.78, 5) is 12.1. The van der Waals surface area contributed by atoms with Gasteiger partial charge in [0.05, 0.1) is 5.76 Å². The van der Waals surface area contributed by atoms with Gasteiger partial charge in [0.15, 0.2) is 5.78 Å². The molecule has 3 heteroatoms. The number of ketones is 1. The third kappa shape index (κ3) is 2.45. The first kappa shape index (κ1) is 14.6. The molecule has 3 rings (SSSR count). The van der Waals surface area contributed by atoms with E-state index in [2.05, 4.69) is 40.1 Å². The van der Waals surface area contributed by atoms with Crippen molar-refractivity contribution < 1.29 is 9.22 Å². The molecule has 2 bridgehead atoms. The molecule has 106 valence electrons. The lowest BCUT2D eigenvalue weighted by Gasteiger charge is -2.51. The van der Waals surface area contributed by atoms with Crippen LogP contribution in [0, 0.1) is 17.3 Å². The van der Waals surface area contributed by atoms with Crippen LogP contribution in [0.4, 0.5) is 0 Å². The molecule has 0 aliphatic heterocycles. The van der Waals surface area contributed by atoms with Gasteiger partial charge in [-0.05, 0) is 57.5 Å². The molecule has 19 heavy (non-hydrogen) atoms. The van der Waals surface area contributed by atoms with Gasteiger partial charge in [-0.2, -0.15) is 0 Å². The third-order valence-corrected chi connectivity index (χ3v) is 5.69. The summed E-state index contributed by atoms with van der Waals surface area (Å²) in [5.41, 5.74) is 1.30. The Balaban J connectivity index is 2.39. The summed E-state index contributed by atoms with van der Waals surface area (Å²) in [7, 11) is -1.58. The van der Waals surface area contributed by atoms with Crippen molar-refractivity contribution in [3.05, 3.63) is 24.0 Å². The Morgan fingerprint density at radius 2 is 2.11 bits per heavy atom. The Labute approximate surface area is 118 Å². The van der Waals surface area contributed by atoms with E-state index >= 15 is 0 Å². The fraction of sp³-hybridized carbons (Fsp3) is 0.688. The van der Waals surface area contributed by atoms with E-state index in [1.54, 1.807) is 0 Å². The van der Waals surface area contributed by atoms with Gasteiger partial charge in [-0.1, -0.05) is 13.5 Å². The Morgan fingerprint density at radius 3 is 2.63 bits per heavy atom. The van der Waals surface area contributed by atoms with Gasteiger partial charge in [0.1, 0.15) is 0 Å². The molecule has 3 atom stereocenters. The predicted molar refractivity (Wildman–Crippen MR) is 81.3 cm³/mol. The fourth-order valence-electron chi connectivity index (χ4n) is 3.65. The summed E-state index contributed by atoms with van der Waals surface area (Å²) in [6, 6.07) is 0. The molecule has 0 N–H and O–H groups in total. The predicted octanol–water partition coefficient (Wildman–Crippen LogP) is 4.30. The lowest BCUT2D eigenvalue weighted by Crippen LogP contribution is -2.46. The Morgan fingerprint density at radius 1 is 1.47 bits per heavy atom. The van der Waals surface area contributed by atoms with E-state index in [1.165, 1.54) is 17.4 Å². The van der Waals surface area contributed by atoms with Crippen molar-refractivity contribution in [1.82, 2.24) is 0 Å². The number of carbonyl (C=O) groups is 1. The van der Waals surface area contributed by atoms with Crippen molar-refractivity contribution in [2.75, 3.05) is 0 Å². The lowest BCUT2D eigenvalue weighted by atomic mass is 9.54. The highest BCUT2D eigenvalue weighted by molar-refractivity contribution is 6.70. The van der Waals surface area contributed by atoms with Crippen molar-refractivity contribution in [1.29, 1.82) is 0 Å². The maximum absolute atomic E-state index is 12.1. The smallest absolute Gasteiger partial charge is 0.241 e. The fourth-order valence-corrected chi connectivity index (χ4v) is 4.63. The SMILES string of the molecule is C=CC(=O)[C@@H]1C[C@@H]2CC[C@@]1(C)C(C)=C2O[Si](C)(C)C. The van der Waals surface area contributed by atoms with Crippen LogP contribution in [0.1, 0.15) is 33.1 Å². The van der Waals surface area contributed by atoms with Gasteiger partial charge < -0.3 is 4.43 Å². The monoisotopic (exact) mass is 278 g/mol. The topological polar surface area (TPSA) is 26.3 Å². The van der Waals surface area contributed by atoms with Gasteiger partial charge in [0.2, 0.25) is 8.32 Å². The van der Waals surface area contributed by atoms with Crippen molar-refractivity contribution >= 4 is 14.1 Å². The van der Waals surface area contributed by atoms with E-state index in [9.17, 15) is 4.79 Å². The largest absolute Gasteiger partial charge is 0.547 e. The zero-order chi connectivity index (χ0) is 14.4. The van der Waals surface area contributed by atoms with Gasteiger partial charge in [-0.25, -0.2) is 0 Å². The highest BCUT2D eigenvalue weighted by Gasteiger charge is 2.51. The molecule has 2 nitrogen and oxygen atoms in total. The summed E-state index contributed by atoms with van der Waals surface area (Å²) in [6.45, 7) is 14.7. The van der Waals surface area contributed by atoms with E-state index in [-0.39, 0.29) is 17.1 Å². The highest BCUT2D eigenvalue weighted by atomic mass is 28.4. The average molecular weight is 278 g/mol. The molecule has 0 aromatic rings. The second-order valence-electron chi connectivity index (χ2n) is 7.25. The first-order chi connectivity index (χ1) is 8.69. The molecular formula is C16H26O2Si. The van der Waals surface area contributed by atoms with Gasteiger partial charge in [0, 0.05) is 17.3 Å². The zero-order valence-corrected chi connectivity index (χ0v) is 13.9. The highest BCUT2D eigenvalue weighted by Crippen LogP contribution is 2.57. The van der Waals surface area contributed by atoms with Crippen LogP contribution >= 0.6 is 0 Å². The Kier molecular flexibility index (Phi) is 3.54. The van der Waals surface area contributed by atoms with Crippen LogP contribution < -0.4 is 0 Å². The van der Waals surface area contributed by atoms with Crippen LogP contribution in [0.3, 0.4) is 0 Å². The molecule has 1 saturated carbocycles. The van der Waals surface area contributed by atoms with Crippen molar-refractivity contribution in [3.8, 4) is 0 Å². The van der Waals surface area contributed by atoms with E-state index in [1.807, 2.05) is 0 Å². The van der Waals surface area contributed by atoms with Crippen molar-refractivity contribution in [2.24, 2.45) is 17.3 Å². The zero-order valence-electron chi connectivity index (χ0n) is 12.9.